The van der Waals surface area contributed by atoms with Gasteiger partial charge in [0.2, 0.25) is 0 Å². The molecule has 1 aliphatic heterocycles. The summed E-state index contributed by atoms with van der Waals surface area (Å²) >= 11 is 1.55. The Balaban J connectivity index is 2.28. The van der Waals surface area contributed by atoms with Crippen LogP contribution in [0.4, 0.5) is 0 Å². The van der Waals surface area contributed by atoms with Crippen LogP contribution in [0.3, 0.4) is 0 Å². The van der Waals surface area contributed by atoms with Gasteiger partial charge in [0.25, 0.3) is 0 Å². The summed E-state index contributed by atoms with van der Waals surface area (Å²) in [5.74, 6) is 0. The topological polar surface area (TPSA) is 47.4 Å². The molecule has 0 fully saturated rings. The highest BCUT2D eigenvalue weighted by Crippen LogP contribution is 2.14. The Morgan fingerprint density at radius 1 is 1.45 bits per heavy atom. The van der Waals surface area contributed by atoms with E-state index in [2.05, 4.69) is 15.4 Å². The van der Waals surface area contributed by atoms with Crippen LogP contribution in [0, 0.1) is 6.92 Å². The zero-order valence-electron chi connectivity index (χ0n) is 6.07. The van der Waals surface area contributed by atoms with Gasteiger partial charge in [0.15, 0.2) is 5.01 Å². The molecule has 0 unspecified atom stereocenters. The van der Waals surface area contributed by atoms with Crippen molar-refractivity contribution in [1.82, 2.24) is 10.2 Å². The maximum Gasteiger partial charge on any atom is 0.165 e. The Morgan fingerprint density at radius 2 is 2.36 bits per heavy atom. The molecule has 0 saturated heterocycles. The summed E-state index contributed by atoms with van der Waals surface area (Å²) in [7, 11) is 0. The second-order valence-electron chi connectivity index (χ2n) is 2.25. The Morgan fingerprint density at radius 3 is 2.91 bits per heavy atom. The predicted octanol–water partition coefficient (Wildman–Crippen LogP) is 0.971. The molecule has 0 atom stereocenters. The number of rotatable bonds is 1. The van der Waals surface area contributed by atoms with Crippen LogP contribution in [0.15, 0.2) is 5.16 Å². The minimum absolute atomic E-state index is 0.675. The molecule has 0 N–H and O–H groups in total. The quantitative estimate of drug-likeness (QED) is 0.629. The lowest BCUT2D eigenvalue weighted by atomic mass is 10.3. The largest absolute Gasteiger partial charge is 0.395 e. The van der Waals surface area contributed by atoms with Crippen molar-refractivity contribution in [2.24, 2.45) is 5.16 Å². The Bertz CT molecular complexity index is 294. The molecule has 11 heavy (non-hydrogen) atoms. The SMILES string of the molecule is Cc1nnc(C2=NOCC2)s1. The van der Waals surface area contributed by atoms with E-state index in [4.69, 9.17) is 4.84 Å². The van der Waals surface area contributed by atoms with Crippen molar-refractivity contribution in [2.45, 2.75) is 13.3 Å². The van der Waals surface area contributed by atoms with E-state index in [1.807, 2.05) is 6.92 Å². The normalized spacial score (nSPS) is 16.3. The number of aromatic nitrogens is 2. The minimum atomic E-state index is 0.675. The first kappa shape index (κ1) is 6.72. The van der Waals surface area contributed by atoms with Crippen molar-refractivity contribution >= 4 is 17.0 Å². The lowest BCUT2D eigenvalue weighted by Gasteiger charge is -1.84. The van der Waals surface area contributed by atoms with Crippen LogP contribution in [0.25, 0.3) is 0 Å². The predicted molar refractivity (Wildman–Crippen MR) is 41.8 cm³/mol. The van der Waals surface area contributed by atoms with Crippen LogP contribution in [0.1, 0.15) is 16.4 Å². The number of aryl methyl sites for hydroxylation is 1. The molecule has 0 spiro atoms. The van der Waals surface area contributed by atoms with Gasteiger partial charge in [-0.05, 0) is 6.92 Å². The van der Waals surface area contributed by atoms with Gasteiger partial charge in [0.05, 0.1) is 0 Å². The fraction of sp³-hybridized carbons (Fsp3) is 0.500. The monoisotopic (exact) mass is 169 g/mol. The molecule has 1 aromatic heterocycles. The standard InChI is InChI=1S/C6H7N3OS/c1-4-7-8-6(11-4)5-2-3-10-9-5/h2-3H2,1H3. The Labute approximate surface area is 67.9 Å². The van der Waals surface area contributed by atoms with E-state index < -0.39 is 0 Å². The molecule has 2 rings (SSSR count). The van der Waals surface area contributed by atoms with Crippen molar-refractivity contribution < 1.29 is 4.84 Å². The Hall–Kier alpha value is -0.970. The number of hydrogen-bond acceptors (Lipinski definition) is 5. The van der Waals surface area contributed by atoms with Crippen molar-refractivity contribution in [3.05, 3.63) is 10.0 Å². The second kappa shape index (κ2) is 2.58. The summed E-state index contributed by atoms with van der Waals surface area (Å²) in [5, 5.41) is 13.5. The molecule has 4 nitrogen and oxygen atoms in total. The second-order valence-corrected chi connectivity index (χ2v) is 3.43. The third-order valence-corrected chi connectivity index (χ3v) is 2.27. The molecule has 2 heterocycles. The average molecular weight is 169 g/mol. The lowest BCUT2D eigenvalue weighted by Crippen LogP contribution is -1.95. The fourth-order valence-electron chi connectivity index (χ4n) is 0.871. The summed E-state index contributed by atoms with van der Waals surface area (Å²) in [6.07, 6.45) is 0.856. The van der Waals surface area contributed by atoms with Crippen molar-refractivity contribution in [3.63, 3.8) is 0 Å². The van der Waals surface area contributed by atoms with Crippen LogP contribution >= 0.6 is 11.3 Å². The fourth-order valence-corrected chi connectivity index (χ4v) is 1.57. The summed E-state index contributed by atoms with van der Waals surface area (Å²) in [4.78, 5) is 4.85. The summed E-state index contributed by atoms with van der Waals surface area (Å²) in [6.45, 7) is 2.60. The van der Waals surface area contributed by atoms with E-state index in [9.17, 15) is 0 Å². The van der Waals surface area contributed by atoms with Crippen molar-refractivity contribution in [1.29, 1.82) is 0 Å². The van der Waals surface area contributed by atoms with Crippen LogP contribution in [0.5, 0.6) is 0 Å². The first-order valence-electron chi connectivity index (χ1n) is 3.35. The number of nitrogens with zero attached hydrogens (tertiary/aromatic N) is 3. The van der Waals surface area contributed by atoms with Gasteiger partial charge in [0.1, 0.15) is 17.3 Å². The molecular formula is C6H7N3OS. The van der Waals surface area contributed by atoms with Crippen LogP contribution in [-0.4, -0.2) is 22.5 Å². The van der Waals surface area contributed by atoms with Gasteiger partial charge in [-0.2, -0.15) is 0 Å². The average Bonchev–Trinajstić information content (AvgIpc) is 2.55. The highest BCUT2D eigenvalue weighted by Gasteiger charge is 2.14. The number of hydrogen-bond donors (Lipinski definition) is 0. The number of oxime groups is 1. The molecule has 0 radical (unpaired) electrons. The third-order valence-electron chi connectivity index (χ3n) is 1.38. The molecule has 0 amide bonds. The molecular weight excluding hydrogens is 162 g/mol. The summed E-state index contributed by atoms with van der Waals surface area (Å²) < 4.78 is 0. The van der Waals surface area contributed by atoms with Gasteiger partial charge in [-0.15, -0.1) is 10.2 Å². The van der Waals surface area contributed by atoms with Gasteiger partial charge in [-0.3, -0.25) is 0 Å². The molecule has 0 saturated carbocycles. The summed E-state index contributed by atoms with van der Waals surface area (Å²) in [6, 6.07) is 0. The van der Waals surface area contributed by atoms with Crippen LogP contribution in [0.2, 0.25) is 0 Å². The molecule has 1 aromatic rings. The molecule has 0 bridgehead atoms. The van der Waals surface area contributed by atoms with E-state index in [-0.39, 0.29) is 0 Å². The molecule has 0 aliphatic carbocycles. The van der Waals surface area contributed by atoms with Gasteiger partial charge in [0, 0.05) is 6.42 Å². The van der Waals surface area contributed by atoms with Gasteiger partial charge < -0.3 is 4.84 Å². The lowest BCUT2D eigenvalue weighted by molar-refractivity contribution is 0.174. The smallest absolute Gasteiger partial charge is 0.165 e. The van der Waals surface area contributed by atoms with Crippen LogP contribution in [-0.2, 0) is 4.84 Å². The minimum Gasteiger partial charge on any atom is -0.395 e. The maximum atomic E-state index is 4.85. The van der Waals surface area contributed by atoms with Crippen molar-refractivity contribution in [2.75, 3.05) is 6.61 Å². The Kier molecular flexibility index (Phi) is 1.58. The molecule has 0 aromatic carbocycles. The van der Waals surface area contributed by atoms with Gasteiger partial charge in [-0.1, -0.05) is 16.5 Å². The van der Waals surface area contributed by atoms with Gasteiger partial charge >= 0.3 is 0 Å². The van der Waals surface area contributed by atoms with E-state index >= 15 is 0 Å². The molecule has 58 valence electrons. The highest BCUT2D eigenvalue weighted by atomic mass is 32.1. The van der Waals surface area contributed by atoms with E-state index in [0.29, 0.717) is 6.61 Å². The van der Waals surface area contributed by atoms with Crippen LogP contribution < -0.4 is 0 Å². The molecule has 1 aliphatic rings. The third kappa shape index (κ3) is 1.23. The van der Waals surface area contributed by atoms with E-state index in [1.54, 1.807) is 11.3 Å². The highest BCUT2D eigenvalue weighted by molar-refractivity contribution is 7.13. The first-order chi connectivity index (χ1) is 5.36. The van der Waals surface area contributed by atoms with Gasteiger partial charge in [-0.25, -0.2) is 0 Å². The van der Waals surface area contributed by atoms with E-state index in [1.165, 1.54) is 0 Å². The summed E-state index contributed by atoms with van der Waals surface area (Å²) in [5.41, 5.74) is 0.926. The maximum absolute atomic E-state index is 4.85. The van der Waals surface area contributed by atoms with E-state index in [0.717, 1.165) is 22.1 Å². The van der Waals surface area contributed by atoms with Crippen molar-refractivity contribution in [3.8, 4) is 0 Å². The zero-order valence-corrected chi connectivity index (χ0v) is 6.89. The molecule has 5 heteroatoms. The first-order valence-corrected chi connectivity index (χ1v) is 4.17. The zero-order chi connectivity index (χ0) is 7.68.